The third-order valence-corrected chi connectivity index (χ3v) is 3.21. The minimum Gasteiger partial charge on any atom is -0.350 e. The van der Waals surface area contributed by atoms with Crippen molar-refractivity contribution in [2.24, 2.45) is 0 Å². The molecule has 1 aromatic rings. The predicted molar refractivity (Wildman–Crippen MR) is 75.3 cm³/mol. The molecule has 1 saturated heterocycles. The third kappa shape index (κ3) is 3.91. The maximum absolute atomic E-state index is 11.8. The summed E-state index contributed by atoms with van der Waals surface area (Å²) in [5, 5.41) is 2.84. The van der Waals surface area contributed by atoms with E-state index < -0.39 is 0 Å². The van der Waals surface area contributed by atoms with Crippen molar-refractivity contribution in [1.29, 1.82) is 0 Å². The van der Waals surface area contributed by atoms with Crippen LogP contribution < -0.4 is 10.2 Å². The number of anilines is 1. The summed E-state index contributed by atoms with van der Waals surface area (Å²) in [6.07, 6.45) is 8.19. The number of nitrogens with one attached hydrogen (secondary N) is 1. The Hall–Kier alpha value is -1.65. The van der Waals surface area contributed by atoms with Gasteiger partial charge in [-0.1, -0.05) is 12.8 Å². The Morgan fingerprint density at radius 1 is 1.16 bits per heavy atom. The van der Waals surface area contributed by atoms with E-state index in [1.165, 1.54) is 25.7 Å². The van der Waals surface area contributed by atoms with Gasteiger partial charge in [0.05, 0.1) is 5.56 Å². The van der Waals surface area contributed by atoms with Crippen LogP contribution in [-0.2, 0) is 0 Å². The summed E-state index contributed by atoms with van der Waals surface area (Å²) in [6.45, 7) is 5.89. The van der Waals surface area contributed by atoms with Gasteiger partial charge in [-0.15, -0.1) is 0 Å². The topological polar surface area (TPSA) is 58.1 Å². The number of nitrogens with zero attached hydrogens (tertiary/aromatic N) is 3. The van der Waals surface area contributed by atoms with Crippen molar-refractivity contribution in [2.45, 2.75) is 45.6 Å². The number of carbonyl (C=O) groups is 1. The highest BCUT2D eigenvalue weighted by molar-refractivity contribution is 5.93. The average molecular weight is 262 g/mol. The van der Waals surface area contributed by atoms with Crippen LogP contribution in [0.5, 0.6) is 0 Å². The fraction of sp³-hybridized carbons (Fsp3) is 0.643. The van der Waals surface area contributed by atoms with Gasteiger partial charge >= 0.3 is 0 Å². The van der Waals surface area contributed by atoms with Crippen molar-refractivity contribution in [3.63, 3.8) is 0 Å². The van der Waals surface area contributed by atoms with Gasteiger partial charge in [-0.3, -0.25) is 4.79 Å². The van der Waals surface area contributed by atoms with Crippen molar-refractivity contribution in [2.75, 3.05) is 18.0 Å². The van der Waals surface area contributed by atoms with Gasteiger partial charge in [-0.25, -0.2) is 9.97 Å². The normalized spacial score (nSPS) is 16.3. The maximum atomic E-state index is 11.8. The van der Waals surface area contributed by atoms with E-state index in [1.54, 1.807) is 12.4 Å². The zero-order chi connectivity index (χ0) is 13.7. The second-order valence-electron chi connectivity index (χ2n) is 5.30. The number of amides is 1. The number of aromatic nitrogens is 2. The van der Waals surface area contributed by atoms with Crippen molar-refractivity contribution in [1.82, 2.24) is 15.3 Å². The summed E-state index contributed by atoms with van der Waals surface area (Å²) >= 11 is 0. The van der Waals surface area contributed by atoms with Crippen molar-refractivity contribution < 1.29 is 4.79 Å². The highest BCUT2D eigenvalue weighted by Crippen LogP contribution is 2.15. The molecule has 1 fully saturated rings. The lowest BCUT2D eigenvalue weighted by Gasteiger charge is -2.19. The quantitative estimate of drug-likeness (QED) is 0.905. The van der Waals surface area contributed by atoms with Gasteiger partial charge < -0.3 is 10.2 Å². The first-order chi connectivity index (χ1) is 9.16. The minimum absolute atomic E-state index is 0.114. The first kappa shape index (κ1) is 13.8. The van der Waals surface area contributed by atoms with E-state index in [1.807, 2.05) is 13.8 Å². The molecule has 0 bridgehead atoms. The summed E-state index contributed by atoms with van der Waals surface area (Å²) in [5.41, 5.74) is 0.521. The SMILES string of the molecule is CC(C)NC(=O)c1cnc(N2CCCCCC2)nc1. The summed E-state index contributed by atoms with van der Waals surface area (Å²) in [6, 6.07) is 0.123. The minimum atomic E-state index is -0.114. The molecule has 0 spiro atoms. The van der Waals surface area contributed by atoms with Gasteiger partial charge in [0, 0.05) is 31.5 Å². The van der Waals surface area contributed by atoms with E-state index in [9.17, 15) is 4.79 Å². The van der Waals surface area contributed by atoms with Gasteiger partial charge in [-0.05, 0) is 26.7 Å². The van der Waals surface area contributed by atoms with Crippen LogP contribution in [0.1, 0.15) is 49.9 Å². The molecule has 2 heterocycles. The fourth-order valence-corrected chi connectivity index (χ4v) is 2.22. The molecule has 2 rings (SSSR count). The summed E-state index contributed by atoms with van der Waals surface area (Å²) in [7, 11) is 0. The second-order valence-corrected chi connectivity index (χ2v) is 5.30. The molecule has 0 unspecified atom stereocenters. The molecule has 0 radical (unpaired) electrons. The smallest absolute Gasteiger partial charge is 0.254 e. The number of rotatable bonds is 3. The van der Waals surface area contributed by atoms with E-state index in [0.717, 1.165) is 19.0 Å². The number of hydrogen-bond acceptors (Lipinski definition) is 4. The first-order valence-electron chi connectivity index (χ1n) is 7.04. The van der Waals surface area contributed by atoms with Crippen molar-refractivity contribution >= 4 is 11.9 Å². The van der Waals surface area contributed by atoms with Crippen LogP contribution >= 0.6 is 0 Å². The molecular weight excluding hydrogens is 240 g/mol. The molecular formula is C14H22N4O. The largest absolute Gasteiger partial charge is 0.350 e. The average Bonchev–Trinajstić information content (AvgIpc) is 2.67. The molecule has 0 atom stereocenters. The van der Waals surface area contributed by atoms with Crippen molar-refractivity contribution in [3.05, 3.63) is 18.0 Å². The number of hydrogen-bond donors (Lipinski definition) is 1. The maximum Gasteiger partial charge on any atom is 0.254 e. The lowest BCUT2D eigenvalue weighted by Crippen LogP contribution is -2.31. The molecule has 1 aliphatic heterocycles. The highest BCUT2D eigenvalue weighted by Gasteiger charge is 2.13. The van der Waals surface area contributed by atoms with Crippen LogP contribution in [0.2, 0.25) is 0 Å². The van der Waals surface area contributed by atoms with Gasteiger partial charge in [0.25, 0.3) is 5.91 Å². The highest BCUT2D eigenvalue weighted by atomic mass is 16.1. The summed E-state index contributed by atoms with van der Waals surface area (Å²) in [5.74, 6) is 0.625. The van der Waals surface area contributed by atoms with Crippen LogP contribution in [0.15, 0.2) is 12.4 Å². The Morgan fingerprint density at radius 2 is 1.74 bits per heavy atom. The van der Waals surface area contributed by atoms with Gasteiger partial charge in [0.1, 0.15) is 0 Å². The van der Waals surface area contributed by atoms with E-state index in [0.29, 0.717) is 5.56 Å². The molecule has 19 heavy (non-hydrogen) atoms. The van der Waals surface area contributed by atoms with Crippen LogP contribution in [0, 0.1) is 0 Å². The standard InChI is InChI=1S/C14H22N4O/c1-11(2)17-13(19)12-9-15-14(16-10-12)18-7-5-3-4-6-8-18/h9-11H,3-8H2,1-2H3,(H,17,19). The lowest BCUT2D eigenvalue weighted by molar-refractivity contribution is 0.0942. The van der Waals surface area contributed by atoms with Gasteiger partial charge in [-0.2, -0.15) is 0 Å². The van der Waals surface area contributed by atoms with Crippen LogP contribution in [-0.4, -0.2) is 35.0 Å². The zero-order valence-corrected chi connectivity index (χ0v) is 11.7. The van der Waals surface area contributed by atoms with Crippen LogP contribution in [0.25, 0.3) is 0 Å². The molecule has 0 aliphatic carbocycles. The van der Waals surface area contributed by atoms with E-state index >= 15 is 0 Å². The number of carbonyl (C=O) groups excluding carboxylic acids is 1. The Balaban J connectivity index is 2.02. The van der Waals surface area contributed by atoms with Crippen LogP contribution in [0.3, 0.4) is 0 Å². The van der Waals surface area contributed by atoms with Crippen LogP contribution in [0.4, 0.5) is 5.95 Å². The van der Waals surface area contributed by atoms with Gasteiger partial charge in [0.15, 0.2) is 0 Å². The lowest BCUT2D eigenvalue weighted by atomic mass is 10.2. The van der Waals surface area contributed by atoms with E-state index in [4.69, 9.17) is 0 Å². The third-order valence-electron chi connectivity index (χ3n) is 3.21. The molecule has 1 aromatic heterocycles. The van der Waals surface area contributed by atoms with Gasteiger partial charge in [0.2, 0.25) is 5.95 Å². The second kappa shape index (κ2) is 6.50. The molecule has 1 amide bonds. The van der Waals surface area contributed by atoms with E-state index in [2.05, 4.69) is 20.2 Å². The molecule has 5 heteroatoms. The molecule has 0 saturated carbocycles. The molecule has 5 nitrogen and oxygen atoms in total. The zero-order valence-electron chi connectivity index (χ0n) is 11.7. The molecule has 104 valence electrons. The Morgan fingerprint density at radius 3 is 2.26 bits per heavy atom. The fourth-order valence-electron chi connectivity index (χ4n) is 2.22. The summed E-state index contributed by atoms with van der Waals surface area (Å²) in [4.78, 5) is 22.7. The Bertz CT molecular complexity index is 408. The van der Waals surface area contributed by atoms with Crippen molar-refractivity contribution in [3.8, 4) is 0 Å². The molecule has 0 aromatic carbocycles. The first-order valence-corrected chi connectivity index (χ1v) is 7.04. The Kier molecular flexibility index (Phi) is 4.71. The predicted octanol–water partition coefficient (Wildman–Crippen LogP) is 2.00. The van der Waals surface area contributed by atoms with E-state index in [-0.39, 0.29) is 11.9 Å². The molecule has 1 aliphatic rings. The summed E-state index contributed by atoms with van der Waals surface area (Å²) < 4.78 is 0. The molecule has 1 N–H and O–H groups in total. The monoisotopic (exact) mass is 262 g/mol. The Labute approximate surface area is 114 Å².